The fourth-order valence-electron chi connectivity index (χ4n) is 1.96. The summed E-state index contributed by atoms with van der Waals surface area (Å²) < 4.78 is 0. The van der Waals surface area contributed by atoms with Crippen LogP contribution in [0.2, 0.25) is 0 Å². The average Bonchev–Trinajstić information content (AvgIpc) is 2.47. The van der Waals surface area contributed by atoms with E-state index in [0.29, 0.717) is 5.82 Å². The Hall–Kier alpha value is -2.23. The normalized spacial score (nSPS) is 10.3. The molecule has 2 rings (SSSR count). The van der Waals surface area contributed by atoms with E-state index in [1.165, 1.54) is 0 Å². The van der Waals surface area contributed by atoms with Crippen LogP contribution >= 0.6 is 0 Å². The van der Waals surface area contributed by atoms with Crippen molar-refractivity contribution in [3.05, 3.63) is 48.3 Å². The second-order valence-corrected chi connectivity index (χ2v) is 4.92. The number of pyridine rings is 1. The Bertz CT molecular complexity index is 593. The van der Waals surface area contributed by atoms with Gasteiger partial charge in [-0.2, -0.15) is 0 Å². The first kappa shape index (κ1) is 14.2. The molecule has 2 aromatic rings. The third-order valence-electron chi connectivity index (χ3n) is 2.92. The van der Waals surface area contributed by atoms with E-state index >= 15 is 0 Å². The van der Waals surface area contributed by atoms with Crippen molar-refractivity contribution in [2.75, 3.05) is 18.5 Å². The minimum absolute atomic E-state index is 0.675. The van der Waals surface area contributed by atoms with E-state index in [2.05, 4.69) is 33.4 Å². The molecule has 2 heterocycles. The number of rotatable bonds is 5. The maximum Gasteiger partial charge on any atom is 0.180 e. The number of hydrogen-bond acceptors (Lipinski definition) is 4. The zero-order valence-electron chi connectivity index (χ0n) is 12.3. The van der Waals surface area contributed by atoms with E-state index < -0.39 is 0 Å². The van der Waals surface area contributed by atoms with Crippen molar-refractivity contribution < 1.29 is 0 Å². The molecular formula is C16H20N4. The van der Waals surface area contributed by atoms with Gasteiger partial charge in [-0.05, 0) is 25.5 Å². The summed E-state index contributed by atoms with van der Waals surface area (Å²) in [5.41, 5.74) is 2.92. The molecule has 0 atom stereocenters. The molecular weight excluding hydrogens is 248 g/mol. The van der Waals surface area contributed by atoms with E-state index in [4.69, 9.17) is 0 Å². The molecule has 20 heavy (non-hydrogen) atoms. The highest BCUT2D eigenvalue weighted by molar-refractivity contribution is 5.53. The van der Waals surface area contributed by atoms with Gasteiger partial charge in [0.1, 0.15) is 11.5 Å². The Morgan fingerprint density at radius 3 is 2.70 bits per heavy atom. The smallest absolute Gasteiger partial charge is 0.180 e. The van der Waals surface area contributed by atoms with Gasteiger partial charge in [-0.25, -0.2) is 9.97 Å². The van der Waals surface area contributed by atoms with Crippen LogP contribution in [0.3, 0.4) is 0 Å². The van der Waals surface area contributed by atoms with Crippen molar-refractivity contribution in [2.24, 2.45) is 0 Å². The Labute approximate surface area is 120 Å². The zero-order chi connectivity index (χ0) is 14.5. The van der Waals surface area contributed by atoms with Crippen LogP contribution < -0.4 is 4.90 Å². The molecule has 0 radical (unpaired) electrons. The van der Waals surface area contributed by atoms with Gasteiger partial charge < -0.3 is 4.90 Å². The summed E-state index contributed by atoms with van der Waals surface area (Å²) in [6, 6.07) is 7.79. The van der Waals surface area contributed by atoms with Crippen molar-refractivity contribution in [3.8, 4) is 11.5 Å². The van der Waals surface area contributed by atoms with Crippen molar-refractivity contribution in [1.82, 2.24) is 15.0 Å². The number of anilines is 1. The van der Waals surface area contributed by atoms with Crippen LogP contribution in [0.4, 0.5) is 5.82 Å². The molecule has 104 valence electrons. The second-order valence-electron chi connectivity index (χ2n) is 4.92. The quantitative estimate of drug-likeness (QED) is 0.781. The predicted octanol–water partition coefficient (Wildman–Crippen LogP) is 3.11. The highest BCUT2D eigenvalue weighted by atomic mass is 15.2. The number of hydrogen-bond donors (Lipinski definition) is 0. The average molecular weight is 268 g/mol. The first-order chi connectivity index (χ1) is 9.60. The van der Waals surface area contributed by atoms with E-state index in [0.717, 1.165) is 35.7 Å². The first-order valence-corrected chi connectivity index (χ1v) is 6.75. The molecule has 0 aliphatic rings. The standard InChI is InChI=1S/C16H20N4/c1-5-13-10-15(20(4)11-12(2)3)19-16(18-13)14-8-6-7-9-17-14/h6-10H,2,5,11H2,1,3-4H3. The van der Waals surface area contributed by atoms with Crippen LogP contribution in [-0.2, 0) is 6.42 Å². The Kier molecular flexibility index (Phi) is 4.45. The largest absolute Gasteiger partial charge is 0.356 e. The fraction of sp³-hybridized carbons (Fsp3) is 0.312. The molecule has 0 spiro atoms. The van der Waals surface area contributed by atoms with E-state index in [1.807, 2.05) is 38.2 Å². The Balaban J connectivity index is 2.41. The highest BCUT2D eigenvalue weighted by Crippen LogP contribution is 2.18. The van der Waals surface area contributed by atoms with Gasteiger partial charge in [0.05, 0.1) is 0 Å². The summed E-state index contributed by atoms with van der Waals surface area (Å²) >= 11 is 0. The van der Waals surface area contributed by atoms with Gasteiger partial charge >= 0.3 is 0 Å². The SMILES string of the molecule is C=C(C)CN(C)c1cc(CC)nc(-c2ccccn2)n1. The number of aromatic nitrogens is 3. The van der Waals surface area contributed by atoms with Gasteiger partial charge in [-0.1, -0.05) is 25.1 Å². The molecule has 4 nitrogen and oxygen atoms in total. The van der Waals surface area contributed by atoms with Gasteiger partial charge in [0, 0.05) is 31.5 Å². The summed E-state index contributed by atoms with van der Waals surface area (Å²) in [4.78, 5) is 15.6. The fourth-order valence-corrected chi connectivity index (χ4v) is 1.96. The van der Waals surface area contributed by atoms with E-state index in [-0.39, 0.29) is 0 Å². The van der Waals surface area contributed by atoms with Crippen LogP contribution in [0.25, 0.3) is 11.5 Å². The van der Waals surface area contributed by atoms with Gasteiger partial charge in [0.25, 0.3) is 0 Å². The minimum atomic E-state index is 0.675. The maximum atomic E-state index is 4.62. The van der Waals surface area contributed by atoms with Crippen molar-refractivity contribution in [2.45, 2.75) is 20.3 Å². The highest BCUT2D eigenvalue weighted by Gasteiger charge is 2.10. The lowest BCUT2D eigenvalue weighted by molar-refractivity contribution is 0.921. The molecule has 2 aromatic heterocycles. The molecule has 0 bridgehead atoms. The molecule has 0 saturated heterocycles. The van der Waals surface area contributed by atoms with Gasteiger partial charge in [0.2, 0.25) is 0 Å². The van der Waals surface area contributed by atoms with Crippen LogP contribution in [0.1, 0.15) is 19.5 Å². The maximum absolute atomic E-state index is 4.62. The molecule has 0 saturated carbocycles. The summed E-state index contributed by atoms with van der Waals surface area (Å²) in [5.74, 6) is 1.58. The predicted molar refractivity (Wildman–Crippen MR) is 82.7 cm³/mol. The Morgan fingerprint density at radius 1 is 1.30 bits per heavy atom. The van der Waals surface area contributed by atoms with Crippen molar-refractivity contribution in [1.29, 1.82) is 0 Å². The molecule has 0 unspecified atom stereocenters. The number of nitrogens with zero attached hydrogens (tertiary/aromatic N) is 4. The lowest BCUT2D eigenvalue weighted by Gasteiger charge is -2.19. The number of aryl methyl sites for hydroxylation is 1. The molecule has 0 N–H and O–H groups in total. The molecule has 0 aliphatic heterocycles. The monoisotopic (exact) mass is 268 g/mol. The van der Waals surface area contributed by atoms with Crippen LogP contribution in [0, 0.1) is 0 Å². The molecule has 4 heteroatoms. The summed E-state index contributed by atoms with van der Waals surface area (Å²) in [5, 5.41) is 0. The molecule has 0 fully saturated rings. The van der Waals surface area contributed by atoms with Crippen molar-refractivity contribution >= 4 is 5.82 Å². The third kappa shape index (κ3) is 3.41. The second kappa shape index (κ2) is 6.28. The first-order valence-electron chi connectivity index (χ1n) is 6.75. The molecule has 0 aliphatic carbocycles. The zero-order valence-corrected chi connectivity index (χ0v) is 12.3. The van der Waals surface area contributed by atoms with Crippen molar-refractivity contribution in [3.63, 3.8) is 0 Å². The van der Waals surface area contributed by atoms with E-state index in [9.17, 15) is 0 Å². The van der Waals surface area contributed by atoms with Gasteiger partial charge in [-0.15, -0.1) is 0 Å². The van der Waals surface area contributed by atoms with Gasteiger partial charge in [0.15, 0.2) is 5.82 Å². The molecule has 0 aromatic carbocycles. The Morgan fingerprint density at radius 2 is 2.10 bits per heavy atom. The summed E-state index contributed by atoms with van der Waals surface area (Å²) in [6.45, 7) is 8.83. The molecule has 0 amide bonds. The van der Waals surface area contributed by atoms with E-state index in [1.54, 1.807) is 6.20 Å². The minimum Gasteiger partial charge on any atom is -0.356 e. The topological polar surface area (TPSA) is 41.9 Å². The van der Waals surface area contributed by atoms with Crippen LogP contribution in [-0.4, -0.2) is 28.5 Å². The van der Waals surface area contributed by atoms with Gasteiger partial charge in [-0.3, -0.25) is 4.98 Å². The lowest BCUT2D eigenvalue weighted by Crippen LogP contribution is -2.21. The van der Waals surface area contributed by atoms with Crippen LogP contribution in [0.5, 0.6) is 0 Å². The summed E-state index contributed by atoms with van der Waals surface area (Å²) in [7, 11) is 2.01. The lowest BCUT2D eigenvalue weighted by atomic mass is 10.2. The van der Waals surface area contributed by atoms with Crippen LogP contribution in [0.15, 0.2) is 42.6 Å². The number of likely N-dealkylation sites (N-methyl/N-ethyl adjacent to an activating group) is 1. The third-order valence-corrected chi connectivity index (χ3v) is 2.92. The summed E-state index contributed by atoms with van der Waals surface area (Å²) in [6.07, 6.45) is 2.63.